The van der Waals surface area contributed by atoms with Crippen LogP contribution in [0.15, 0.2) is 18.2 Å². The number of nitrogens with one attached hydrogen (secondary N) is 2. The van der Waals surface area contributed by atoms with Crippen LogP contribution >= 0.6 is 0 Å². The highest BCUT2D eigenvalue weighted by atomic mass is 32.2. The topological polar surface area (TPSA) is 99.1 Å². The summed E-state index contributed by atoms with van der Waals surface area (Å²) in [5, 5.41) is 13.4. The van der Waals surface area contributed by atoms with E-state index in [4.69, 9.17) is 5.26 Å². The Kier molecular flexibility index (Phi) is 6.30. The van der Waals surface area contributed by atoms with Crippen molar-refractivity contribution in [3.63, 3.8) is 0 Å². The number of halogens is 5. The van der Waals surface area contributed by atoms with E-state index in [1.807, 2.05) is 11.4 Å². The predicted molar refractivity (Wildman–Crippen MR) is 99.2 cm³/mol. The minimum atomic E-state index is -5.05. The molecule has 2 aliphatic carbocycles. The number of hydrogen-bond acceptors (Lipinski definition) is 5. The van der Waals surface area contributed by atoms with Crippen LogP contribution in [-0.4, -0.2) is 43.6 Å². The Morgan fingerprint density at radius 3 is 2.35 bits per heavy atom. The smallest absolute Gasteiger partial charge is 0.336 e. The van der Waals surface area contributed by atoms with Gasteiger partial charge in [-0.2, -0.15) is 18.4 Å². The maximum atomic E-state index is 13.7. The molecule has 2 aliphatic rings. The lowest BCUT2D eigenvalue weighted by Crippen LogP contribution is -2.54. The quantitative estimate of drug-likeness (QED) is 0.546. The summed E-state index contributed by atoms with van der Waals surface area (Å²) in [7, 11) is -3.90. The van der Waals surface area contributed by atoms with Gasteiger partial charge in [0.1, 0.15) is 17.6 Å². The zero-order valence-electron chi connectivity index (χ0n) is 16.2. The van der Waals surface area contributed by atoms with Gasteiger partial charge in [-0.15, -0.1) is 0 Å². The molecule has 3 rings (SSSR count). The molecule has 0 saturated heterocycles. The molecule has 31 heavy (non-hydrogen) atoms. The van der Waals surface area contributed by atoms with Gasteiger partial charge in [0.25, 0.3) is 0 Å². The van der Waals surface area contributed by atoms with Crippen LogP contribution in [0, 0.1) is 28.9 Å². The summed E-state index contributed by atoms with van der Waals surface area (Å²) in [5.41, 5.74) is -1.95. The average molecular weight is 465 g/mol. The molecular formula is C19H20F5N3O3S. The van der Waals surface area contributed by atoms with E-state index >= 15 is 0 Å². The van der Waals surface area contributed by atoms with Gasteiger partial charge in [-0.25, -0.2) is 17.2 Å². The first-order valence-corrected chi connectivity index (χ1v) is 11.4. The number of benzene rings is 1. The highest BCUT2D eigenvalue weighted by molar-refractivity contribution is 7.91. The first-order valence-electron chi connectivity index (χ1n) is 9.55. The molecule has 0 aromatic heterocycles. The van der Waals surface area contributed by atoms with Crippen molar-refractivity contribution >= 4 is 15.7 Å². The summed E-state index contributed by atoms with van der Waals surface area (Å²) < 4.78 is 92.8. The van der Waals surface area contributed by atoms with Crippen molar-refractivity contribution in [1.82, 2.24) is 10.6 Å². The SMILES string of the molecule is N#CC1(NC(=O)[C@H](CS(=O)(=O)CC2CC2)NC(c2ccc(F)c(F)c2)C(F)(F)F)CC1. The third kappa shape index (κ3) is 6.13. The molecule has 0 aliphatic heterocycles. The second-order valence-electron chi connectivity index (χ2n) is 8.07. The number of hydrogen-bond donors (Lipinski definition) is 2. The van der Waals surface area contributed by atoms with Gasteiger partial charge in [-0.1, -0.05) is 6.07 Å². The van der Waals surface area contributed by atoms with Gasteiger partial charge in [0.15, 0.2) is 21.5 Å². The largest absolute Gasteiger partial charge is 0.407 e. The van der Waals surface area contributed by atoms with E-state index in [1.54, 1.807) is 0 Å². The highest BCUT2D eigenvalue weighted by Gasteiger charge is 2.48. The van der Waals surface area contributed by atoms with Crippen LogP contribution in [0.3, 0.4) is 0 Å². The predicted octanol–water partition coefficient (Wildman–Crippen LogP) is 2.52. The molecule has 2 N–H and O–H groups in total. The van der Waals surface area contributed by atoms with Gasteiger partial charge in [0.2, 0.25) is 5.91 Å². The van der Waals surface area contributed by atoms with Crippen LogP contribution in [-0.2, 0) is 14.6 Å². The van der Waals surface area contributed by atoms with Crippen LogP contribution < -0.4 is 10.6 Å². The second-order valence-corrected chi connectivity index (χ2v) is 10.2. The molecule has 1 unspecified atom stereocenters. The van der Waals surface area contributed by atoms with E-state index in [9.17, 15) is 35.2 Å². The summed E-state index contributed by atoms with van der Waals surface area (Å²) in [4.78, 5) is 12.7. The Morgan fingerprint density at radius 1 is 1.23 bits per heavy atom. The van der Waals surface area contributed by atoms with Gasteiger partial charge in [-0.05, 0) is 49.3 Å². The minimum absolute atomic E-state index is 0.0906. The van der Waals surface area contributed by atoms with Crippen molar-refractivity contribution < 1.29 is 35.2 Å². The standard InChI is InChI=1S/C19H20F5N3O3S/c20-13-4-3-12(7-14(13)21)16(19(22,23)24)26-15(9-31(29,30)8-11-1-2-11)17(28)27-18(10-25)5-6-18/h3-4,7,11,15-16,26H,1-2,5-6,8-9H2,(H,27,28)/t15-,16?/m0/s1. The molecule has 6 nitrogen and oxygen atoms in total. The van der Waals surface area contributed by atoms with Crippen molar-refractivity contribution in [2.45, 2.75) is 49.5 Å². The van der Waals surface area contributed by atoms with Crippen molar-refractivity contribution in [3.8, 4) is 6.07 Å². The molecule has 0 heterocycles. The maximum Gasteiger partial charge on any atom is 0.407 e. The van der Waals surface area contributed by atoms with Crippen molar-refractivity contribution in [3.05, 3.63) is 35.4 Å². The lowest BCUT2D eigenvalue weighted by Gasteiger charge is -2.28. The summed E-state index contributed by atoms with van der Waals surface area (Å²) in [5.74, 6) is -5.22. The lowest BCUT2D eigenvalue weighted by molar-refractivity contribution is -0.160. The second kappa shape index (κ2) is 8.35. The molecule has 170 valence electrons. The molecular weight excluding hydrogens is 445 g/mol. The van der Waals surface area contributed by atoms with E-state index in [-0.39, 0.29) is 11.7 Å². The monoisotopic (exact) mass is 465 g/mol. The van der Waals surface area contributed by atoms with E-state index in [0.717, 1.165) is 0 Å². The minimum Gasteiger partial charge on any atom is -0.336 e. The molecule has 0 bridgehead atoms. The van der Waals surface area contributed by atoms with Crippen LogP contribution in [0.25, 0.3) is 0 Å². The van der Waals surface area contributed by atoms with Crippen molar-refractivity contribution in [2.24, 2.45) is 5.92 Å². The molecule has 1 amide bonds. The number of nitriles is 1. The molecule has 2 fully saturated rings. The molecule has 1 aromatic rings. The molecule has 2 saturated carbocycles. The fourth-order valence-corrected chi connectivity index (χ4v) is 5.09. The zero-order chi connectivity index (χ0) is 23.0. The van der Waals surface area contributed by atoms with E-state index in [1.165, 1.54) is 0 Å². The lowest BCUT2D eigenvalue weighted by atomic mass is 10.0. The van der Waals surface area contributed by atoms with Crippen molar-refractivity contribution in [2.75, 3.05) is 11.5 Å². The normalized spacial score (nSPS) is 19.9. The van der Waals surface area contributed by atoms with Gasteiger partial charge in [0.05, 0.1) is 17.6 Å². The fraction of sp³-hybridized carbons (Fsp3) is 0.579. The first kappa shape index (κ1) is 23.4. The number of alkyl halides is 3. The number of sulfone groups is 1. The van der Waals surface area contributed by atoms with Crippen LogP contribution in [0.2, 0.25) is 0 Å². The third-order valence-corrected chi connectivity index (χ3v) is 7.04. The number of nitrogens with zero attached hydrogens (tertiary/aromatic N) is 1. The number of carbonyl (C=O) groups excluding carboxylic acids is 1. The average Bonchev–Trinajstić information content (AvgIpc) is 3.58. The fourth-order valence-electron chi connectivity index (χ4n) is 3.15. The summed E-state index contributed by atoms with van der Waals surface area (Å²) >= 11 is 0. The summed E-state index contributed by atoms with van der Waals surface area (Å²) in [6.07, 6.45) is -3.09. The van der Waals surface area contributed by atoms with Gasteiger partial charge < -0.3 is 5.32 Å². The van der Waals surface area contributed by atoms with Gasteiger partial charge in [0, 0.05) is 0 Å². The Balaban J connectivity index is 1.88. The maximum absolute atomic E-state index is 13.7. The van der Waals surface area contributed by atoms with E-state index < -0.39 is 62.5 Å². The molecule has 0 radical (unpaired) electrons. The third-order valence-electron chi connectivity index (χ3n) is 5.22. The van der Waals surface area contributed by atoms with Gasteiger partial charge >= 0.3 is 6.18 Å². The van der Waals surface area contributed by atoms with E-state index in [2.05, 4.69) is 5.32 Å². The Hall–Kier alpha value is -2.26. The Labute approximate surface area is 175 Å². The number of amides is 1. The zero-order valence-corrected chi connectivity index (χ0v) is 17.0. The Morgan fingerprint density at radius 2 is 1.87 bits per heavy atom. The summed E-state index contributed by atoms with van der Waals surface area (Å²) in [6, 6.07) is -1.08. The highest BCUT2D eigenvalue weighted by Crippen LogP contribution is 2.36. The molecule has 1 aromatic carbocycles. The van der Waals surface area contributed by atoms with Crippen LogP contribution in [0.5, 0.6) is 0 Å². The number of carbonyl (C=O) groups is 1. The van der Waals surface area contributed by atoms with E-state index in [0.29, 0.717) is 43.9 Å². The Bertz CT molecular complexity index is 998. The molecule has 0 spiro atoms. The van der Waals surface area contributed by atoms with Crippen LogP contribution in [0.4, 0.5) is 22.0 Å². The molecule has 12 heteroatoms. The number of rotatable bonds is 9. The van der Waals surface area contributed by atoms with Crippen LogP contribution in [0.1, 0.15) is 37.3 Å². The molecule has 2 atom stereocenters. The van der Waals surface area contributed by atoms with Gasteiger partial charge in [-0.3, -0.25) is 10.1 Å². The van der Waals surface area contributed by atoms with Crippen molar-refractivity contribution in [1.29, 1.82) is 5.26 Å². The summed E-state index contributed by atoms with van der Waals surface area (Å²) in [6.45, 7) is 0. The first-order chi connectivity index (χ1) is 14.3.